The summed E-state index contributed by atoms with van der Waals surface area (Å²) in [5.41, 5.74) is 3.77. The highest BCUT2D eigenvalue weighted by atomic mass is 35.5. The van der Waals surface area contributed by atoms with E-state index in [4.69, 9.17) is 11.6 Å². The Bertz CT molecular complexity index is 488. The van der Waals surface area contributed by atoms with Crippen LogP contribution in [0.3, 0.4) is 0 Å². The molecule has 82 valence electrons. The first-order chi connectivity index (χ1) is 7.75. The summed E-state index contributed by atoms with van der Waals surface area (Å²) in [5.74, 6) is 0. The number of anilines is 1. The van der Waals surface area contributed by atoms with Gasteiger partial charge in [0.1, 0.15) is 0 Å². The predicted molar refractivity (Wildman–Crippen MR) is 70.6 cm³/mol. The van der Waals surface area contributed by atoms with Crippen LogP contribution in [0.5, 0.6) is 0 Å². The van der Waals surface area contributed by atoms with Crippen LogP contribution in [-0.4, -0.2) is 0 Å². The predicted octanol–water partition coefficient (Wildman–Crippen LogP) is 4.42. The molecule has 0 bridgehead atoms. The molecule has 0 saturated carbocycles. The average Bonchev–Trinajstić information content (AvgIpc) is 2.90. The summed E-state index contributed by atoms with van der Waals surface area (Å²) in [4.78, 5) is 1.38. The van der Waals surface area contributed by atoms with Crippen molar-refractivity contribution >= 4 is 28.6 Å². The Balaban J connectivity index is 2.00. The second kappa shape index (κ2) is 3.79. The van der Waals surface area contributed by atoms with Gasteiger partial charge in [0, 0.05) is 22.0 Å². The third-order valence-electron chi connectivity index (χ3n) is 3.08. The van der Waals surface area contributed by atoms with Crippen LogP contribution in [0.1, 0.15) is 22.0 Å². The molecule has 0 radical (unpaired) electrons. The fourth-order valence-electron chi connectivity index (χ4n) is 2.23. The van der Waals surface area contributed by atoms with Crippen molar-refractivity contribution < 1.29 is 0 Å². The van der Waals surface area contributed by atoms with Gasteiger partial charge in [0.15, 0.2) is 0 Å². The number of nitrogens with one attached hydrogen (secondary N) is 1. The van der Waals surface area contributed by atoms with Gasteiger partial charge in [-0.05, 0) is 35.6 Å². The molecule has 0 fully saturated rings. The Hall–Kier alpha value is -0.990. The zero-order valence-corrected chi connectivity index (χ0v) is 10.5. The first-order valence-electron chi connectivity index (χ1n) is 5.33. The number of halogens is 1. The molecule has 1 aliphatic heterocycles. The molecule has 16 heavy (non-hydrogen) atoms. The van der Waals surface area contributed by atoms with E-state index in [0.717, 1.165) is 11.4 Å². The van der Waals surface area contributed by atoms with Gasteiger partial charge < -0.3 is 5.32 Å². The summed E-state index contributed by atoms with van der Waals surface area (Å²) >= 11 is 8.03. The van der Waals surface area contributed by atoms with E-state index in [2.05, 4.69) is 35.8 Å². The van der Waals surface area contributed by atoms with Gasteiger partial charge in [-0.25, -0.2) is 0 Å². The van der Waals surface area contributed by atoms with Gasteiger partial charge in [-0.2, -0.15) is 0 Å². The topological polar surface area (TPSA) is 12.0 Å². The minimum atomic E-state index is 0.397. The van der Waals surface area contributed by atoms with Gasteiger partial charge in [-0.3, -0.25) is 0 Å². The Morgan fingerprint density at radius 1 is 1.38 bits per heavy atom. The van der Waals surface area contributed by atoms with Crippen molar-refractivity contribution in [3.63, 3.8) is 0 Å². The Morgan fingerprint density at radius 2 is 2.25 bits per heavy atom. The molecule has 1 aromatic carbocycles. The van der Waals surface area contributed by atoms with E-state index in [1.54, 1.807) is 11.3 Å². The normalized spacial score (nSPS) is 18.2. The molecule has 0 saturated heterocycles. The van der Waals surface area contributed by atoms with E-state index < -0.39 is 0 Å². The molecule has 0 spiro atoms. The zero-order valence-electron chi connectivity index (χ0n) is 8.96. The van der Waals surface area contributed by atoms with Crippen molar-refractivity contribution in [2.45, 2.75) is 19.4 Å². The van der Waals surface area contributed by atoms with Gasteiger partial charge in [0.25, 0.3) is 0 Å². The van der Waals surface area contributed by atoms with Crippen molar-refractivity contribution in [1.82, 2.24) is 0 Å². The summed E-state index contributed by atoms with van der Waals surface area (Å²) in [6, 6.07) is 8.74. The molecule has 0 amide bonds. The minimum Gasteiger partial charge on any atom is -0.377 e. The van der Waals surface area contributed by atoms with Crippen molar-refractivity contribution in [2.24, 2.45) is 0 Å². The number of thiophene rings is 1. The molecule has 1 unspecified atom stereocenters. The largest absolute Gasteiger partial charge is 0.377 e. The number of hydrogen-bond donors (Lipinski definition) is 1. The summed E-state index contributed by atoms with van der Waals surface area (Å²) in [7, 11) is 0. The molecular formula is C13H12ClNS. The van der Waals surface area contributed by atoms with E-state index in [1.807, 2.05) is 6.07 Å². The molecule has 0 aliphatic carbocycles. The highest BCUT2D eigenvalue weighted by Gasteiger charge is 2.25. The smallest absolute Gasteiger partial charge is 0.0648 e. The quantitative estimate of drug-likeness (QED) is 0.789. The number of rotatable bonds is 1. The lowest BCUT2D eigenvalue weighted by Crippen LogP contribution is -2.03. The maximum atomic E-state index is 6.23. The van der Waals surface area contributed by atoms with Crippen LogP contribution >= 0.6 is 22.9 Å². The highest BCUT2D eigenvalue weighted by Crippen LogP contribution is 2.41. The fraction of sp³-hybridized carbons (Fsp3) is 0.231. The van der Waals surface area contributed by atoms with E-state index in [-0.39, 0.29) is 0 Å². The molecule has 1 aliphatic rings. The monoisotopic (exact) mass is 249 g/mol. The molecule has 3 heteroatoms. The van der Waals surface area contributed by atoms with E-state index in [1.165, 1.54) is 21.7 Å². The highest BCUT2D eigenvalue weighted by molar-refractivity contribution is 7.10. The summed E-state index contributed by atoms with van der Waals surface area (Å²) in [6.07, 6.45) is 0.996. The van der Waals surface area contributed by atoms with Crippen LogP contribution in [0.2, 0.25) is 5.02 Å². The SMILES string of the molecule is Cc1ccc(Cl)c2c1NC(c1cccs1)C2. The zero-order chi connectivity index (χ0) is 11.1. The van der Waals surface area contributed by atoms with Crippen molar-refractivity contribution in [1.29, 1.82) is 0 Å². The van der Waals surface area contributed by atoms with Crippen LogP contribution < -0.4 is 5.32 Å². The average molecular weight is 250 g/mol. The van der Waals surface area contributed by atoms with E-state index >= 15 is 0 Å². The van der Waals surface area contributed by atoms with Gasteiger partial charge in [-0.1, -0.05) is 23.7 Å². The summed E-state index contributed by atoms with van der Waals surface area (Å²) < 4.78 is 0. The van der Waals surface area contributed by atoms with E-state index in [0.29, 0.717) is 6.04 Å². The van der Waals surface area contributed by atoms with Crippen molar-refractivity contribution in [2.75, 3.05) is 5.32 Å². The Kier molecular flexibility index (Phi) is 2.41. The Labute approximate surface area is 104 Å². The second-order valence-electron chi connectivity index (χ2n) is 4.13. The van der Waals surface area contributed by atoms with Crippen LogP contribution in [0.4, 0.5) is 5.69 Å². The van der Waals surface area contributed by atoms with Crippen molar-refractivity contribution in [3.05, 3.63) is 50.7 Å². The molecule has 1 nitrogen and oxygen atoms in total. The number of benzene rings is 1. The lowest BCUT2D eigenvalue weighted by atomic mass is 10.1. The van der Waals surface area contributed by atoms with Gasteiger partial charge >= 0.3 is 0 Å². The molecule has 3 rings (SSSR count). The standard InChI is InChI=1S/C13H12ClNS/c1-8-4-5-10(14)9-7-11(15-13(8)9)12-3-2-6-16-12/h2-6,11,15H,7H2,1H3. The number of aryl methyl sites for hydroxylation is 1. The second-order valence-corrected chi connectivity index (χ2v) is 5.52. The fourth-order valence-corrected chi connectivity index (χ4v) is 3.24. The molecule has 1 atom stereocenters. The Morgan fingerprint density at radius 3 is 2.94 bits per heavy atom. The number of hydrogen-bond acceptors (Lipinski definition) is 2. The molecule has 2 heterocycles. The number of fused-ring (bicyclic) bond motifs is 1. The van der Waals surface area contributed by atoms with Gasteiger partial charge in [-0.15, -0.1) is 11.3 Å². The van der Waals surface area contributed by atoms with E-state index in [9.17, 15) is 0 Å². The summed E-state index contributed by atoms with van der Waals surface area (Å²) in [5, 5.41) is 6.57. The van der Waals surface area contributed by atoms with Crippen LogP contribution in [0, 0.1) is 6.92 Å². The maximum absolute atomic E-state index is 6.23. The lowest BCUT2D eigenvalue weighted by molar-refractivity contribution is 0.843. The van der Waals surface area contributed by atoms with Gasteiger partial charge in [0.05, 0.1) is 6.04 Å². The molecular weight excluding hydrogens is 238 g/mol. The molecule has 2 aromatic rings. The first-order valence-corrected chi connectivity index (χ1v) is 6.59. The lowest BCUT2D eigenvalue weighted by Gasteiger charge is -2.09. The van der Waals surface area contributed by atoms with Crippen LogP contribution in [0.25, 0.3) is 0 Å². The summed E-state index contributed by atoms with van der Waals surface area (Å²) in [6.45, 7) is 2.12. The van der Waals surface area contributed by atoms with Crippen LogP contribution in [0.15, 0.2) is 29.6 Å². The maximum Gasteiger partial charge on any atom is 0.0648 e. The third-order valence-corrected chi connectivity index (χ3v) is 4.42. The third kappa shape index (κ3) is 1.53. The molecule has 1 N–H and O–H groups in total. The first kappa shape index (κ1) is 10.2. The molecule has 1 aromatic heterocycles. The van der Waals surface area contributed by atoms with Gasteiger partial charge in [0.2, 0.25) is 0 Å². The minimum absolute atomic E-state index is 0.397. The van der Waals surface area contributed by atoms with Crippen molar-refractivity contribution in [3.8, 4) is 0 Å². The van der Waals surface area contributed by atoms with Crippen LogP contribution in [-0.2, 0) is 6.42 Å².